The summed E-state index contributed by atoms with van der Waals surface area (Å²) in [5.41, 5.74) is 1.40. The van der Waals surface area contributed by atoms with E-state index in [4.69, 9.17) is 0 Å². The molecule has 3 aromatic rings. The first-order chi connectivity index (χ1) is 13.6. The van der Waals surface area contributed by atoms with Crippen LogP contribution in [0.3, 0.4) is 0 Å². The number of benzene rings is 1. The van der Waals surface area contributed by atoms with Gasteiger partial charge in [0.2, 0.25) is 0 Å². The first-order valence-electron chi connectivity index (χ1n) is 10.0. The minimum Gasteiger partial charge on any atom is -0.335 e. The van der Waals surface area contributed by atoms with Gasteiger partial charge in [0.05, 0.1) is 5.52 Å². The summed E-state index contributed by atoms with van der Waals surface area (Å²) in [6.07, 6.45) is 3.93. The molecule has 28 heavy (non-hydrogen) atoms. The molecule has 0 radical (unpaired) electrons. The molecule has 3 heterocycles. The molecule has 1 saturated heterocycles. The lowest BCUT2D eigenvalue weighted by Crippen LogP contribution is -2.49. The number of rotatable bonds is 5. The van der Waals surface area contributed by atoms with Gasteiger partial charge in [0, 0.05) is 63.0 Å². The van der Waals surface area contributed by atoms with Crippen molar-refractivity contribution in [2.24, 2.45) is 0 Å². The Balaban J connectivity index is 1.33. The second-order valence-electron chi connectivity index (χ2n) is 7.66. The number of piperazine rings is 1. The van der Waals surface area contributed by atoms with Crippen LogP contribution >= 0.6 is 0 Å². The van der Waals surface area contributed by atoms with E-state index in [1.54, 1.807) is 0 Å². The van der Waals surface area contributed by atoms with Crippen LogP contribution in [0.2, 0.25) is 0 Å². The molecule has 0 spiro atoms. The summed E-state index contributed by atoms with van der Waals surface area (Å²) in [4.78, 5) is 26.2. The monoisotopic (exact) mass is 377 g/mol. The maximum Gasteiger partial charge on any atom is 0.272 e. The molecule has 2 aromatic heterocycles. The van der Waals surface area contributed by atoms with Gasteiger partial charge in [-0.25, -0.2) is 9.97 Å². The lowest BCUT2D eigenvalue weighted by Gasteiger charge is -2.34. The number of hydrogen-bond donors (Lipinski definition) is 0. The molecule has 0 atom stereocenters. The first-order valence-corrected chi connectivity index (χ1v) is 10.0. The molecule has 0 aliphatic carbocycles. The average Bonchev–Trinajstić information content (AvgIpc) is 3.21. The molecule has 1 fully saturated rings. The van der Waals surface area contributed by atoms with Crippen molar-refractivity contribution in [2.75, 3.05) is 32.7 Å². The van der Waals surface area contributed by atoms with E-state index in [1.807, 2.05) is 47.5 Å². The molecule has 1 aromatic carbocycles. The molecular formula is C22H27N5O. The Bertz CT molecular complexity index is 956. The van der Waals surface area contributed by atoms with E-state index in [-0.39, 0.29) is 5.91 Å². The van der Waals surface area contributed by atoms with Gasteiger partial charge in [-0.3, -0.25) is 9.69 Å². The van der Waals surface area contributed by atoms with Crippen LogP contribution in [-0.4, -0.2) is 63.0 Å². The summed E-state index contributed by atoms with van der Waals surface area (Å²) in [5, 5.41) is 1.06. The number of hydrogen-bond acceptors (Lipinski definition) is 4. The zero-order valence-electron chi connectivity index (χ0n) is 16.6. The molecule has 4 rings (SSSR count). The quantitative estimate of drug-likeness (QED) is 0.686. The summed E-state index contributed by atoms with van der Waals surface area (Å²) >= 11 is 0. The third kappa shape index (κ3) is 3.92. The Morgan fingerprint density at radius 3 is 2.61 bits per heavy atom. The van der Waals surface area contributed by atoms with Crippen molar-refractivity contribution >= 4 is 16.8 Å². The van der Waals surface area contributed by atoms with Crippen LogP contribution in [0, 0.1) is 0 Å². The van der Waals surface area contributed by atoms with Crippen LogP contribution in [0.1, 0.15) is 36.1 Å². The lowest BCUT2D eigenvalue weighted by atomic mass is 10.2. The van der Waals surface area contributed by atoms with Gasteiger partial charge >= 0.3 is 0 Å². The molecule has 0 bridgehead atoms. The normalized spacial score (nSPS) is 15.5. The van der Waals surface area contributed by atoms with Crippen LogP contribution < -0.4 is 0 Å². The molecule has 0 unspecified atom stereocenters. The van der Waals surface area contributed by atoms with Crippen LogP contribution in [0.25, 0.3) is 10.9 Å². The molecule has 146 valence electrons. The standard InChI is InChI=1S/C22H27N5O/c1-17(2)21-23-9-10-26(21)14-11-25-12-15-27(16-13-25)22(28)20-8-7-18-5-3-4-6-19(18)24-20/h3-10,17H,11-16H2,1-2H3. The fourth-order valence-electron chi connectivity index (χ4n) is 3.78. The predicted octanol–water partition coefficient (Wildman–Crippen LogP) is 3.01. The van der Waals surface area contributed by atoms with Gasteiger partial charge in [0.25, 0.3) is 5.91 Å². The van der Waals surface area contributed by atoms with E-state index in [0.717, 1.165) is 56.0 Å². The first kappa shape index (κ1) is 18.6. The van der Waals surface area contributed by atoms with Crippen molar-refractivity contribution in [1.82, 2.24) is 24.3 Å². The number of amides is 1. The van der Waals surface area contributed by atoms with Crippen LogP contribution in [0.4, 0.5) is 0 Å². The smallest absolute Gasteiger partial charge is 0.272 e. The van der Waals surface area contributed by atoms with Gasteiger partial charge in [-0.05, 0) is 12.1 Å². The highest BCUT2D eigenvalue weighted by molar-refractivity contribution is 5.95. The number of para-hydroxylation sites is 1. The van der Waals surface area contributed by atoms with Gasteiger partial charge in [0.15, 0.2) is 0 Å². The van der Waals surface area contributed by atoms with E-state index in [1.165, 1.54) is 0 Å². The van der Waals surface area contributed by atoms with Gasteiger partial charge in [-0.1, -0.05) is 38.1 Å². The second-order valence-corrected chi connectivity index (χ2v) is 7.66. The van der Waals surface area contributed by atoms with Crippen LogP contribution in [0.5, 0.6) is 0 Å². The van der Waals surface area contributed by atoms with Crippen molar-refractivity contribution in [1.29, 1.82) is 0 Å². The maximum absolute atomic E-state index is 12.8. The maximum atomic E-state index is 12.8. The Kier molecular flexibility index (Phi) is 5.39. The number of pyridine rings is 1. The van der Waals surface area contributed by atoms with Gasteiger partial charge in [0.1, 0.15) is 11.5 Å². The van der Waals surface area contributed by atoms with Gasteiger partial charge in [-0.15, -0.1) is 0 Å². The Labute approximate surface area is 165 Å². The predicted molar refractivity (Wildman–Crippen MR) is 110 cm³/mol. The fraction of sp³-hybridized carbons (Fsp3) is 0.409. The third-order valence-electron chi connectivity index (χ3n) is 5.40. The summed E-state index contributed by atoms with van der Waals surface area (Å²) in [5.74, 6) is 1.59. The number of nitrogens with zero attached hydrogens (tertiary/aromatic N) is 5. The fourth-order valence-corrected chi connectivity index (χ4v) is 3.78. The number of carbonyl (C=O) groups excluding carboxylic acids is 1. The Morgan fingerprint density at radius 1 is 1.04 bits per heavy atom. The number of carbonyl (C=O) groups is 1. The highest BCUT2D eigenvalue weighted by Crippen LogP contribution is 2.15. The zero-order chi connectivity index (χ0) is 19.5. The van der Waals surface area contributed by atoms with E-state index < -0.39 is 0 Å². The summed E-state index contributed by atoms with van der Waals surface area (Å²) in [6.45, 7) is 9.53. The number of aromatic nitrogens is 3. The van der Waals surface area contributed by atoms with Crippen molar-refractivity contribution in [3.63, 3.8) is 0 Å². The van der Waals surface area contributed by atoms with Crippen molar-refractivity contribution < 1.29 is 4.79 Å². The average molecular weight is 377 g/mol. The van der Waals surface area contributed by atoms with E-state index in [9.17, 15) is 4.79 Å². The van der Waals surface area contributed by atoms with Crippen molar-refractivity contribution in [2.45, 2.75) is 26.3 Å². The van der Waals surface area contributed by atoms with Crippen molar-refractivity contribution in [3.05, 3.63) is 60.3 Å². The molecular weight excluding hydrogens is 350 g/mol. The third-order valence-corrected chi connectivity index (χ3v) is 5.40. The molecule has 1 aliphatic rings. The molecule has 0 N–H and O–H groups in total. The van der Waals surface area contributed by atoms with Gasteiger partial charge < -0.3 is 9.47 Å². The molecule has 6 heteroatoms. The summed E-state index contributed by atoms with van der Waals surface area (Å²) < 4.78 is 2.24. The molecule has 0 saturated carbocycles. The van der Waals surface area contributed by atoms with Gasteiger partial charge in [-0.2, -0.15) is 0 Å². The minimum atomic E-state index is 0.0297. The molecule has 6 nitrogen and oxygen atoms in total. The lowest BCUT2D eigenvalue weighted by molar-refractivity contribution is 0.0627. The Hall–Kier alpha value is -2.73. The van der Waals surface area contributed by atoms with E-state index >= 15 is 0 Å². The SMILES string of the molecule is CC(C)c1nccn1CCN1CCN(C(=O)c2ccc3ccccc3n2)CC1. The minimum absolute atomic E-state index is 0.0297. The van der Waals surface area contributed by atoms with Crippen LogP contribution in [0.15, 0.2) is 48.8 Å². The summed E-state index contributed by atoms with van der Waals surface area (Å²) in [7, 11) is 0. The second kappa shape index (κ2) is 8.10. The topological polar surface area (TPSA) is 54.3 Å². The molecule has 1 aliphatic heterocycles. The highest BCUT2D eigenvalue weighted by atomic mass is 16.2. The van der Waals surface area contributed by atoms with Crippen molar-refractivity contribution in [3.8, 4) is 0 Å². The number of imidazole rings is 1. The number of fused-ring (bicyclic) bond motifs is 1. The molecule has 1 amide bonds. The van der Waals surface area contributed by atoms with E-state index in [0.29, 0.717) is 11.6 Å². The largest absolute Gasteiger partial charge is 0.335 e. The highest BCUT2D eigenvalue weighted by Gasteiger charge is 2.23. The van der Waals surface area contributed by atoms with Crippen LogP contribution in [-0.2, 0) is 6.54 Å². The Morgan fingerprint density at radius 2 is 1.82 bits per heavy atom. The summed E-state index contributed by atoms with van der Waals surface area (Å²) in [6, 6.07) is 11.7. The van der Waals surface area contributed by atoms with E-state index in [2.05, 4.69) is 39.5 Å². The zero-order valence-corrected chi connectivity index (χ0v) is 16.6.